The van der Waals surface area contributed by atoms with Crippen molar-refractivity contribution in [2.75, 3.05) is 7.11 Å². The van der Waals surface area contributed by atoms with E-state index in [1.165, 1.54) is 35.9 Å². The highest BCUT2D eigenvalue weighted by atomic mass is 32.2. The van der Waals surface area contributed by atoms with Gasteiger partial charge in [-0.25, -0.2) is 16.8 Å². The standard InChI is InChI=1S/C68H66O8S2/c1-11-15-48-43-52(20-19-47(48)5)67(6,7)53-21-40-64(49(44-53)16-12-2)74-58-28-36-62(37-29-58)78(71,72)63-38-30-59(31-39-63)76-66-42-23-55(46-51(66)18-14-4)68(8,9)54-22-41-65(50(45-54)17-13-3)75-57-26-34-61(35-27-57)77(69,70)60-32-24-56(73-10)25-33-60/h11-16,19-46H,3-4,17-18H2,1-2,5-10H3/b15-11+,16-12+. The highest BCUT2D eigenvalue weighted by Gasteiger charge is 2.28. The highest BCUT2D eigenvalue weighted by Crippen LogP contribution is 2.41. The number of sulfone groups is 2. The van der Waals surface area contributed by atoms with E-state index in [1.54, 1.807) is 84.9 Å². The molecule has 8 nitrogen and oxygen atoms in total. The molecule has 0 saturated heterocycles. The van der Waals surface area contributed by atoms with Crippen LogP contribution in [0.3, 0.4) is 0 Å². The maximum atomic E-state index is 13.9. The number of hydrogen-bond acceptors (Lipinski definition) is 8. The Hall–Kier alpha value is -8.18. The van der Waals surface area contributed by atoms with Crippen molar-refractivity contribution in [1.29, 1.82) is 0 Å². The fourth-order valence-corrected chi connectivity index (χ4v) is 11.8. The highest BCUT2D eigenvalue weighted by molar-refractivity contribution is 7.91. The molecule has 0 radical (unpaired) electrons. The second-order valence-electron chi connectivity index (χ2n) is 20.1. The summed E-state index contributed by atoms with van der Waals surface area (Å²) in [5.41, 5.74) is 8.89. The lowest BCUT2D eigenvalue weighted by Gasteiger charge is -2.28. The van der Waals surface area contributed by atoms with Gasteiger partial charge in [-0.15, -0.1) is 13.2 Å². The van der Waals surface area contributed by atoms with Gasteiger partial charge in [0.05, 0.1) is 26.7 Å². The molecule has 0 aliphatic carbocycles. The zero-order valence-corrected chi connectivity index (χ0v) is 47.2. The Morgan fingerprint density at radius 2 is 0.744 bits per heavy atom. The van der Waals surface area contributed by atoms with Gasteiger partial charge in [0.2, 0.25) is 19.7 Å². The van der Waals surface area contributed by atoms with Gasteiger partial charge in [-0.3, -0.25) is 0 Å². The van der Waals surface area contributed by atoms with Crippen LogP contribution >= 0.6 is 0 Å². The number of allylic oxidation sites excluding steroid dienone is 4. The fraction of sp³-hybridized carbons (Fsp3) is 0.176. The second-order valence-corrected chi connectivity index (χ2v) is 24.0. The number of methoxy groups -OCH3 is 1. The minimum Gasteiger partial charge on any atom is -0.497 e. The largest absolute Gasteiger partial charge is 0.497 e. The van der Waals surface area contributed by atoms with E-state index in [0.717, 1.165) is 33.4 Å². The van der Waals surface area contributed by atoms with Crippen LogP contribution in [0.1, 0.15) is 91.6 Å². The van der Waals surface area contributed by atoms with Gasteiger partial charge in [-0.2, -0.15) is 0 Å². The van der Waals surface area contributed by atoms with Crippen LogP contribution in [0, 0.1) is 6.92 Å². The molecule has 0 N–H and O–H groups in total. The second kappa shape index (κ2) is 23.6. The first kappa shape index (κ1) is 56.0. The van der Waals surface area contributed by atoms with Crippen molar-refractivity contribution < 1.29 is 35.8 Å². The monoisotopic (exact) mass is 1070 g/mol. The lowest BCUT2D eigenvalue weighted by molar-refractivity contribution is 0.414. The van der Waals surface area contributed by atoms with E-state index in [2.05, 4.69) is 102 Å². The molecule has 0 atom stereocenters. The smallest absolute Gasteiger partial charge is 0.206 e. The van der Waals surface area contributed by atoms with Crippen molar-refractivity contribution in [3.63, 3.8) is 0 Å². The third-order valence-corrected chi connectivity index (χ3v) is 17.7. The Labute approximate surface area is 461 Å². The molecule has 0 bridgehead atoms. The van der Waals surface area contributed by atoms with Crippen molar-refractivity contribution in [2.24, 2.45) is 0 Å². The molecule has 0 aliphatic rings. The lowest BCUT2D eigenvalue weighted by Crippen LogP contribution is -2.19. The SMILES string of the molecule is C=CCc1cc(C(C)(C)c2ccc(Oc3ccc(S(=O)(=O)c4ccc(Oc5ccc(C(C)(C)c6ccc(C)c(/C=C/C)c6)cc5/C=C/C)cc4)cc3)c(CC=C)c2)ccc1Oc1ccc(S(=O)(=O)c2ccc(OC)cc2)cc1. The van der Waals surface area contributed by atoms with Gasteiger partial charge in [0.15, 0.2) is 0 Å². The molecule has 0 spiro atoms. The van der Waals surface area contributed by atoms with E-state index < -0.39 is 25.1 Å². The molecule has 398 valence electrons. The topological polar surface area (TPSA) is 105 Å². The number of benzene rings is 8. The predicted octanol–water partition coefficient (Wildman–Crippen LogP) is 17.2. The molecule has 8 rings (SSSR count). The Balaban J connectivity index is 0.942. The van der Waals surface area contributed by atoms with Crippen LogP contribution in [0.25, 0.3) is 12.2 Å². The quantitative estimate of drug-likeness (QED) is 0.0655. The Morgan fingerprint density at radius 1 is 0.423 bits per heavy atom. The van der Waals surface area contributed by atoms with Crippen LogP contribution in [0.4, 0.5) is 0 Å². The zero-order chi connectivity index (χ0) is 55.8. The summed E-state index contributed by atoms with van der Waals surface area (Å²) in [7, 11) is -6.09. The summed E-state index contributed by atoms with van der Waals surface area (Å²) in [6, 6.07) is 50.6. The molecule has 0 aromatic heterocycles. The van der Waals surface area contributed by atoms with E-state index in [1.807, 2.05) is 68.5 Å². The molecule has 8 aromatic rings. The maximum Gasteiger partial charge on any atom is 0.206 e. The zero-order valence-electron chi connectivity index (χ0n) is 45.5. The number of rotatable bonds is 21. The summed E-state index contributed by atoms with van der Waals surface area (Å²) < 4.78 is 78.9. The third-order valence-electron chi connectivity index (χ3n) is 14.2. The van der Waals surface area contributed by atoms with Gasteiger partial charge in [-0.1, -0.05) is 113 Å². The van der Waals surface area contributed by atoms with Gasteiger partial charge >= 0.3 is 0 Å². The van der Waals surface area contributed by atoms with Crippen molar-refractivity contribution in [1.82, 2.24) is 0 Å². The molecular formula is C68H66O8S2. The summed E-state index contributed by atoms with van der Waals surface area (Å²) in [5.74, 6) is 3.98. The first-order chi connectivity index (χ1) is 37.3. The number of aryl methyl sites for hydroxylation is 1. The minimum atomic E-state index is -3.88. The van der Waals surface area contributed by atoms with E-state index in [9.17, 15) is 16.8 Å². The number of hydrogen-bond donors (Lipinski definition) is 0. The van der Waals surface area contributed by atoms with Crippen LogP contribution in [-0.4, -0.2) is 23.9 Å². The molecule has 0 unspecified atom stereocenters. The molecule has 0 saturated carbocycles. The normalized spacial score (nSPS) is 12.2. The molecule has 0 heterocycles. The molecular weight excluding hydrogens is 1010 g/mol. The lowest BCUT2D eigenvalue weighted by atomic mass is 9.76. The summed E-state index contributed by atoms with van der Waals surface area (Å²) in [4.78, 5) is 0.596. The molecule has 0 fully saturated rings. The molecule has 10 heteroatoms. The van der Waals surface area contributed by atoms with Crippen molar-refractivity contribution in [3.05, 3.63) is 257 Å². The predicted molar refractivity (Wildman–Crippen MR) is 315 cm³/mol. The number of ether oxygens (including phenoxy) is 4. The van der Waals surface area contributed by atoms with Crippen molar-refractivity contribution in [2.45, 2.75) is 91.7 Å². The van der Waals surface area contributed by atoms with Crippen LogP contribution in [0.2, 0.25) is 0 Å². The fourth-order valence-electron chi connectivity index (χ4n) is 9.30. The molecule has 0 aliphatic heterocycles. The van der Waals surface area contributed by atoms with Crippen LogP contribution in [-0.2, 0) is 43.3 Å². The maximum absolute atomic E-state index is 13.9. The average molecular weight is 1080 g/mol. The Bertz CT molecular complexity index is 3760. The molecule has 78 heavy (non-hydrogen) atoms. The Kier molecular flexibility index (Phi) is 17.0. The van der Waals surface area contributed by atoms with Crippen LogP contribution in [0.5, 0.6) is 40.2 Å². The third kappa shape index (κ3) is 12.2. The molecule has 0 amide bonds. The van der Waals surface area contributed by atoms with Crippen molar-refractivity contribution in [3.8, 4) is 40.2 Å². The van der Waals surface area contributed by atoms with Crippen LogP contribution in [0.15, 0.2) is 227 Å². The van der Waals surface area contributed by atoms with E-state index in [4.69, 9.17) is 18.9 Å². The Morgan fingerprint density at radius 3 is 1.12 bits per heavy atom. The molecule has 8 aromatic carbocycles. The average Bonchev–Trinajstić information content (AvgIpc) is 3.46. The van der Waals surface area contributed by atoms with Crippen molar-refractivity contribution >= 4 is 31.8 Å². The van der Waals surface area contributed by atoms with Gasteiger partial charge in [0, 0.05) is 16.4 Å². The van der Waals surface area contributed by atoms with Crippen LogP contribution < -0.4 is 18.9 Å². The van der Waals surface area contributed by atoms with E-state index in [-0.39, 0.29) is 25.0 Å². The van der Waals surface area contributed by atoms with Gasteiger partial charge < -0.3 is 18.9 Å². The first-order valence-corrected chi connectivity index (χ1v) is 28.8. The summed E-state index contributed by atoms with van der Waals surface area (Å²) in [5, 5.41) is 0. The van der Waals surface area contributed by atoms with Gasteiger partial charge in [0.1, 0.15) is 40.2 Å². The first-order valence-electron chi connectivity index (χ1n) is 25.8. The van der Waals surface area contributed by atoms with E-state index in [0.29, 0.717) is 53.1 Å². The summed E-state index contributed by atoms with van der Waals surface area (Å²) >= 11 is 0. The van der Waals surface area contributed by atoms with Gasteiger partial charge in [0.25, 0.3) is 0 Å². The van der Waals surface area contributed by atoms with E-state index >= 15 is 0 Å². The summed E-state index contributed by atoms with van der Waals surface area (Å²) in [6.45, 7) is 22.9. The van der Waals surface area contributed by atoms with Gasteiger partial charge in [-0.05, 0) is 199 Å². The summed E-state index contributed by atoms with van der Waals surface area (Å²) in [6.07, 6.45) is 12.9. The minimum absolute atomic E-state index is 0.133.